The van der Waals surface area contributed by atoms with Crippen molar-refractivity contribution in [1.29, 1.82) is 0 Å². The summed E-state index contributed by atoms with van der Waals surface area (Å²) in [6.07, 6.45) is 12.9. The Bertz CT molecular complexity index is 3210. The molecule has 2 heterocycles. The first-order valence-corrected chi connectivity index (χ1v) is 27.2. The van der Waals surface area contributed by atoms with Crippen LogP contribution < -0.4 is 27.9 Å². The first-order chi connectivity index (χ1) is 33.0. The molecule has 0 amide bonds. The van der Waals surface area contributed by atoms with Crippen LogP contribution in [0.2, 0.25) is 0 Å². The van der Waals surface area contributed by atoms with Gasteiger partial charge in [-0.1, -0.05) is 145 Å². The van der Waals surface area contributed by atoms with Crippen LogP contribution in [0, 0.1) is 33.1 Å². The maximum absolute atomic E-state index is 7.41. The van der Waals surface area contributed by atoms with Gasteiger partial charge >= 0.3 is 17.2 Å². The highest BCUT2D eigenvalue weighted by Crippen LogP contribution is 2.59. The summed E-state index contributed by atoms with van der Waals surface area (Å²) in [5.74, 6) is 4.67. The van der Waals surface area contributed by atoms with E-state index < -0.39 is 17.2 Å². The summed E-state index contributed by atoms with van der Waals surface area (Å²) in [4.78, 5) is 0. The number of aryl methyl sites for hydroxylation is 5. The van der Waals surface area contributed by atoms with Crippen molar-refractivity contribution in [3.05, 3.63) is 177 Å². The molecule has 0 saturated heterocycles. The molecule has 1 aliphatic carbocycles. The van der Waals surface area contributed by atoms with E-state index in [2.05, 4.69) is 171 Å². The molecule has 9 heteroatoms. The highest BCUT2D eigenvalue weighted by molar-refractivity contribution is 7.46. The molecule has 0 bridgehead atoms. The predicted molar refractivity (Wildman–Crippen MR) is 286 cm³/mol. The molecule has 3 unspecified atom stereocenters. The SMILES string of the molecule is C=Pc1ccc(C)c2c1OP(Oc1ccc3ccccc3c1-c1c(OP3OC4=C(Cc5c(C)ccc(CCC)c5O3)C(C)=CCC4(C)CCC)ccc3ccccc13)Oc1c(C)ccc(C)c1C2. The first kappa shape index (κ1) is 46.1. The Kier molecular flexibility index (Phi) is 12.9. The molecule has 7 aromatic rings. The normalized spacial score (nSPS) is 18.8. The van der Waals surface area contributed by atoms with Crippen LogP contribution in [-0.2, 0) is 23.8 Å². The van der Waals surface area contributed by atoms with Gasteiger partial charge in [0.25, 0.3) is 0 Å². The molecule has 346 valence electrons. The molecule has 0 saturated carbocycles. The Morgan fingerprint density at radius 1 is 0.588 bits per heavy atom. The van der Waals surface area contributed by atoms with Crippen molar-refractivity contribution in [2.75, 3.05) is 0 Å². The zero-order valence-electron chi connectivity index (χ0n) is 40.4. The summed E-state index contributed by atoms with van der Waals surface area (Å²) in [6.45, 7) is 17.6. The van der Waals surface area contributed by atoms with Crippen LogP contribution in [0.1, 0.15) is 97.9 Å². The lowest BCUT2D eigenvalue weighted by molar-refractivity contribution is 0.208. The quantitative estimate of drug-likeness (QED) is 0.127. The Morgan fingerprint density at radius 2 is 1.13 bits per heavy atom. The molecule has 0 N–H and O–H groups in total. The molecule has 7 aromatic carbocycles. The van der Waals surface area contributed by atoms with Gasteiger partial charge in [0.05, 0.1) is 0 Å². The summed E-state index contributed by atoms with van der Waals surface area (Å²) in [7, 11) is -3.25. The van der Waals surface area contributed by atoms with Crippen LogP contribution in [0.15, 0.2) is 132 Å². The topological polar surface area (TPSA) is 55.4 Å². The van der Waals surface area contributed by atoms with E-state index in [1.807, 2.05) is 6.07 Å². The van der Waals surface area contributed by atoms with Gasteiger partial charge in [-0.15, -0.1) is 0 Å². The third-order valence-corrected chi connectivity index (χ3v) is 16.8. The van der Waals surface area contributed by atoms with Gasteiger partial charge in [-0.25, -0.2) is 0 Å². The summed E-state index contributed by atoms with van der Waals surface area (Å²) in [6, 6.07) is 38.3. The van der Waals surface area contributed by atoms with E-state index in [0.717, 1.165) is 136 Å². The Morgan fingerprint density at radius 3 is 1.76 bits per heavy atom. The molecule has 0 spiro atoms. The Hall–Kier alpha value is -5.63. The Labute approximate surface area is 406 Å². The molecule has 6 nitrogen and oxygen atoms in total. The van der Waals surface area contributed by atoms with E-state index in [4.69, 9.17) is 27.1 Å². The van der Waals surface area contributed by atoms with Gasteiger partial charge in [-0.2, -0.15) is 0 Å². The van der Waals surface area contributed by atoms with Crippen LogP contribution >= 0.6 is 25.4 Å². The summed E-state index contributed by atoms with van der Waals surface area (Å²) >= 11 is 0. The number of hydrogen-bond acceptors (Lipinski definition) is 6. The fourth-order valence-corrected chi connectivity index (χ4v) is 13.4. The number of fused-ring (bicyclic) bond motifs is 5. The van der Waals surface area contributed by atoms with Crippen molar-refractivity contribution < 1.29 is 27.1 Å². The second kappa shape index (κ2) is 19.0. The maximum atomic E-state index is 7.41. The van der Waals surface area contributed by atoms with Crippen LogP contribution in [0.3, 0.4) is 0 Å². The molecule has 2 aliphatic heterocycles. The minimum absolute atomic E-state index is 0.216. The molecule has 0 aromatic heterocycles. The zero-order chi connectivity index (χ0) is 47.3. The predicted octanol–water partition coefficient (Wildman–Crippen LogP) is 17.2. The van der Waals surface area contributed by atoms with Crippen molar-refractivity contribution in [2.45, 2.75) is 100 Å². The fraction of sp³-hybridized carbons (Fsp3) is 0.271. The van der Waals surface area contributed by atoms with E-state index in [1.54, 1.807) is 0 Å². The van der Waals surface area contributed by atoms with Crippen molar-refractivity contribution in [1.82, 2.24) is 0 Å². The molecule has 68 heavy (non-hydrogen) atoms. The Balaban J connectivity index is 1.17. The van der Waals surface area contributed by atoms with Crippen LogP contribution in [0.5, 0.6) is 28.7 Å². The minimum Gasteiger partial charge on any atom is -0.412 e. The van der Waals surface area contributed by atoms with E-state index in [-0.39, 0.29) is 5.41 Å². The number of hydrogen-bond donors (Lipinski definition) is 0. The molecule has 10 rings (SSSR count). The van der Waals surface area contributed by atoms with E-state index >= 15 is 0 Å². The van der Waals surface area contributed by atoms with E-state index in [1.165, 1.54) is 27.8 Å². The minimum atomic E-state index is -2.06. The van der Waals surface area contributed by atoms with Crippen molar-refractivity contribution in [3.63, 3.8) is 0 Å². The number of benzene rings is 7. The van der Waals surface area contributed by atoms with Gasteiger partial charge in [-0.05, 0) is 133 Å². The van der Waals surface area contributed by atoms with E-state index in [0.29, 0.717) is 17.9 Å². The number of allylic oxidation sites excluding steroid dienone is 4. The average Bonchev–Trinajstić information content (AvgIpc) is 3.32. The zero-order valence-corrected chi connectivity index (χ0v) is 43.1. The molecule has 0 radical (unpaired) electrons. The van der Waals surface area contributed by atoms with Crippen LogP contribution in [-0.4, -0.2) is 6.30 Å². The molecule has 3 atom stereocenters. The highest BCUT2D eigenvalue weighted by atomic mass is 31.2. The number of rotatable bonds is 10. The van der Waals surface area contributed by atoms with Gasteiger partial charge in [0.15, 0.2) is 0 Å². The smallest absolute Gasteiger partial charge is 0.412 e. The van der Waals surface area contributed by atoms with Crippen molar-refractivity contribution in [2.24, 2.45) is 5.41 Å². The lowest BCUT2D eigenvalue weighted by Crippen LogP contribution is -2.27. The highest BCUT2D eigenvalue weighted by Gasteiger charge is 2.41. The lowest BCUT2D eigenvalue weighted by atomic mass is 9.73. The van der Waals surface area contributed by atoms with Gasteiger partial charge in [0, 0.05) is 51.4 Å². The maximum Gasteiger partial charge on any atom is 0.530 e. The lowest BCUT2D eigenvalue weighted by Gasteiger charge is -2.39. The molecular weight excluding hydrogens is 898 g/mol. The third-order valence-electron chi connectivity index (χ3n) is 14.1. The standard InChI is InChI=1S/C59H59O6P3/c1-10-16-43-25-23-37(4)47-35-49-39(6)31-33-59(8,32-11-2)58(49)65-68(63-56(43)47)61-51-29-27-42-18-13-15-20-45(42)54(51)53-44-19-14-12-17-41(44)26-28-50(53)60-67-62-55-40(7)22-21-36(3)46(55)34-48-38(5)24-30-52(66-9)57(48)64-67/h12-15,17-31H,9-11,16,32-35H2,1-8H3. The second-order valence-corrected chi connectivity index (χ2v) is 21.6. The first-order valence-electron chi connectivity index (χ1n) is 23.9. The molecule has 3 aliphatic rings. The van der Waals surface area contributed by atoms with Gasteiger partial charge in [-0.3, -0.25) is 0 Å². The molecule has 0 fully saturated rings. The largest absolute Gasteiger partial charge is 0.530 e. The van der Waals surface area contributed by atoms with Crippen molar-refractivity contribution >= 4 is 58.6 Å². The monoisotopic (exact) mass is 956 g/mol. The van der Waals surface area contributed by atoms with Gasteiger partial charge in [0.1, 0.15) is 34.5 Å². The van der Waals surface area contributed by atoms with Gasteiger partial charge < -0.3 is 27.1 Å². The van der Waals surface area contributed by atoms with E-state index in [9.17, 15) is 0 Å². The average molecular weight is 957 g/mol. The van der Waals surface area contributed by atoms with Gasteiger partial charge in [0.2, 0.25) is 0 Å². The molecular formula is C59H59O6P3. The summed E-state index contributed by atoms with van der Waals surface area (Å²) in [5, 5.41) is 5.12. The van der Waals surface area contributed by atoms with Crippen LogP contribution in [0.25, 0.3) is 32.7 Å². The van der Waals surface area contributed by atoms with Crippen molar-refractivity contribution in [3.8, 4) is 39.9 Å². The fourth-order valence-electron chi connectivity index (χ4n) is 10.3. The summed E-state index contributed by atoms with van der Waals surface area (Å²) in [5.41, 5.74) is 13.2. The van der Waals surface area contributed by atoms with Crippen LogP contribution in [0.4, 0.5) is 0 Å². The second-order valence-electron chi connectivity index (χ2n) is 18.9. The third kappa shape index (κ3) is 8.48. The summed E-state index contributed by atoms with van der Waals surface area (Å²) < 4.78 is 43.3.